The van der Waals surface area contributed by atoms with Gasteiger partial charge in [0, 0.05) is 20.1 Å². The van der Waals surface area contributed by atoms with Crippen molar-refractivity contribution in [3.8, 4) is 0 Å². The van der Waals surface area contributed by atoms with Crippen molar-refractivity contribution in [1.29, 1.82) is 0 Å². The van der Waals surface area contributed by atoms with Gasteiger partial charge in [-0.15, -0.1) is 0 Å². The molecular formula is C13H18FN3O. The number of nitrogens with two attached hydrogens (primary N) is 1. The molecule has 5 heteroatoms. The minimum Gasteiger partial charge on any atom is -0.395 e. The highest BCUT2D eigenvalue weighted by Gasteiger charge is 2.41. The molecule has 0 bridgehead atoms. The van der Waals surface area contributed by atoms with Gasteiger partial charge in [-0.2, -0.15) is 0 Å². The third-order valence-corrected chi connectivity index (χ3v) is 3.52. The third kappa shape index (κ3) is 1.79. The summed E-state index contributed by atoms with van der Waals surface area (Å²) in [4.78, 5) is 15.7. The van der Waals surface area contributed by atoms with Crippen molar-refractivity contribution in [1.82, 2.24) is 4.90 Å². The molecule has 0 aliphatic carbocycles. The van der Waals surface area contributed by atoms with E-state index in [2.05, 4.69) is 0 Å². The molecule has 98 valence electrons. The normalized spacial score (nSPS) is 19.2. The molecule has 0 spiro atoms. The molecule has 1 aliphatic heterocycles. The highest BCUT2D eigenvalue weighted by molar-refractivity contribution is 5.91. The summed E-state index contributed by atoms with van der Waals surface area (Å²) >= 11 is 0. The van der Waals surface area contributed by atoms with Gasteiger partial charge < -0.3 is 15.5 Å². The maximum Gasteiger partial charge on any atom is 0.247 e. The second kappa shape index (κ2) is 4.15. The first-order valence-corrected chi connectivity index (χ1v) is 5.93. The van der Waals surface area contributed by atoms with Gasteiger partial charge in [-0.3, -0.25) is 4.79 Å². The van der Waals surface area contributed by atoms with Gasteiger partial charge in [-0.05, 0) is 26.0 Å². The van der Waals surface area contributed by atoms with E-state index in [0.717, 1.165) is 0 Å². The maximum absolute atomic E-state index is 13.5. The Kier molecular flexibility index (Phi) is 2.92. The van der Waals surface area contributed by atoms with E-state index in [9.17, 15) is 9.18 Å². The van der Waals surface area contributed by atoms with E-state index < -0.39 is 11.4 Å². The van der Waals surface area contributed by atoms with Gasteiger partial charge in [0.25, 0.3) is 0 Å². The maximum atomic E-state index is 13.5. The van der Waals surface area contributed by atoms with Crippen LogP contribution in [0.3, 0.4) is 0 Å². The minimum atomic E-state index is -0.713. The standard InChI is InChI=1S/C13H18FN3O/c1-13(2)12(18)16(3)7-8-17(13)10-6-4-5-9(14)11(10)15/h4-6H,7-8,15H2,1-3H3. The summed E-state index contributed by atoms with van der Waals surface area (Å²) in [6.45, 7) is 4.91. The smallest absolute Gasteiger partial charge is 0.247 e. The van der Waals surface area contributed by atoms with Crippen molar-refractivity contribution < 1.29 is 9.18 Å². The molecule has 0 aromatic heterocycles. The molecule has 1 aliphatic rings. The molecule has 0 radical (unpaired) electrons. The number of hydrogen-bond donors (Lipinski definition) is 1. The Hall–Kier alpha value is -1.78. The van der Waals surface area contributed by atoms with Gasteiger partial charge in [0.05, 0.1) is 11.4 Å². The monoisotopic (exact) mass is 251 g/mol. The summed E-state index contributed by atoms with van der Waals surface area (Å²) in [5.74, 6) is -0.438. The number of halogens is 1. The van der Waals surface area contributed by atoms with E-state index in [-0.39, 0.29) is 11.6 Å². The highest BCUT2D eigenvalue weighted by atomic mass is 19.1. The van der Waals surface area contributed by atoms with Crippen LogP contribution in [0.1, 0.15) is 13.8 Å². The largest absolute Gasteiger partial charge is 0.395 e. The van der Waals surface area contributed by atoms with E-state index in [1.54, 1.807) is 24.1 Å². The van der Waals surface area contributed by atoms with Crippen molar-refractivity contribution in [2.24, 2.45) is 0 Å². The van der Waals surface area contributed by atoms with Crippen LogP contribution < -0.4 is 10.6 Å². The lowest BCUT2D eigenvalue weighted by atomic mass is 9.96. The lowest BCUT2D eigenvalue weighted by Gasteiger charge is -2.46. The zero-order chi connectivity index (χ0) is 13.5. The summed E-state index contributed by atoms with van der Waals surface area (Å²) in [5, 5.41) is 0. The average Bonchev–Trinajstić information content (AvgIpc) is 2.31. The number of nitrogens with zero attached hydrogens (tertiary/aromatic N) is 2. The summed E-state index contributed by atoms with van der Waals surface area (Å²) in [7, 11) is 1.77. The SMILES string of the molecule is CN1CCN(c2cccc(F)c2N)C(C)(C)C1=O. The number of rotatable bonds is 1. The second-order valence-electron chi connectivity index (χ2n) is 5.11. The first-order valence-electron chi connectivity index (χ1n) is 5.93. The summed E-state index contributed by atoms with van der Waals surface area (Å²) in [5.41, 5.74) is 5.74. The lowest BCUT2D eigenvalue weighted by molar-refractivity contribution is -0.136. The number of nitrogen functional groups attached to an aromatic ring is 1. The number of anilines is 2. The molecule has 0 saturated carbocycles. The van der Waals surface area contributed by atoms with E-state index in [0.29, 0.717) is 18.8 Å². The number of carbonyl (C=O) groups is 1. The third-order valence-electron chi connectivity index (χ3n) is 3.52. The average molecular weight is 251 g/mol. The van der Waals surface area contributed by atoms with E-state index in [1.807, 2.05) is 18.7 Å². The molecular weight excluding hydrogens is 233 g/mol. The molecule has 4 nitrogen and oxygen atoms in total. The Morgan fingerprint density at radius 1 is 1.33 bits per heavy atom. The number of likely N-dealkylation sites (N-methyl/N-ethyl adjacent to an activating group) is 1. The Labute approximate surface area is 106 Å². The fourth-order valence-corrected chi connectivity index (χ4v) is 2.40. The van der Waals surface area contributed by atoms with Gasteiger partial charge in [-0.1, -0.05) is 6.07 Å². The molecule has 1 amide bonds. The van der Waals surface area contributed by atoms with Crippen molar-refractivity contribution in [2.45, 2.75) is 19.4 Å². The predicted molar refractivity (Wildman–Crippen MR) is 69.9 cm³/mol. The van der Waals surface area contributed by atoms with Gasteiger partial charge >= 0.3 is 0 Å². The van der Waals surface area contributed by atoms with Crippen LogP contribution in [-0.4, -0.2) is 36.5 Å². The molecule has 1 saturated heterocycles. The van der Waals surface area contributed by atoms with Crippen LogP contribution in [-0.2, 0) is 4.79 Å². The van der Waals surface area contributed by atoms with Crippen LogP contribution in [0.5, 0.6) is 0 Å². The molecule has 1 aromatic rings. The van der Waals surface area contributed by atoms with Gasteiger partial charge in [0.1, 0.15) is 11.4 Å². The van der Waals surface area contributed by atoms with E-state index >= 15 is 0 Å². The molecule has 18 heavy (non-hydrogen) atoms. The Bertz CT molecular complexity index is 487. The van der Waals surface area contributed by atoms with Crippen LogP contribution in [0.2, 0.25) is 0 Å². The molecule has 1 fully saturated rings. The highest BCUT2D eigenvalue weighted by Crippen LogP contribution is 2.33. The van der Waals surface area contributed by atoms with Crippen molar-refractivity contribution in [2.75, 3.05) is 30.8 Å². The summed E-state index contributed by atoms with van der Waals surface area (Å²) < 4.78 is 13.5. The molecule has 0 unspecified atom stereocenters. The Morgan fingerprint density at radius 3 is 2.67 bits per heavy atom. The van der Waals surface area contributed by atoms with Crippen LogP contribution in [0, 0.1) is 5.82 Å². The second-order valence-corrected chi connectivity index (χ2v) is 5.11. The summed E-state index contributed by atoms with van der Waals surface area (Å²) in [6.07, 6.45) is 0. The molecule has 1 aromatic carbocycles. The van der Waals surface area contributed by atoms with Gasteiger partial charge in [-0.25, -0.2) is 4.39 Å². The molecule has 2 rings (SSSR count). The van der Waals surface area contributed by atoms with E-state index in [1.165, 1.54) is 6.07 Å². The predicted octanol–water partition coefficient (Wildman–Crippen LogP) is 1.46. The van der Waals surface area contributed by atoms with Crippen molar-refractivity contribution in [3.05, 3.63) is 24.0 Å². The van der Waals surface area contributed by atoms with Crippen LogP contribution in [0.15, 0.2) is 18.2 Å². The van der Waals surface area contributed by atoms with Crippen LogP contribution in [0.25, 0.3) is 0 Å². The minimum absolute atomic E-state index is 0.0115. The number of piperazine rings is 1. The Morgan fingerprint density at radius 2 is 2.00 bits per heavy atom. The number of hydrogen-bond acceptors (Lipinski definition) is 3. The zero-order valence-electron chi connectivity index (χ0n) is 10.9. The first kappa shape index (κ1) is 12.7. The van der Waals surface area contributed by atoms with E-state index in [4.69, 9.17) is 5.73 Å². The fraction of sp³-hybridized carbons (Fsp3) is 0.462. The van der Waals surface area contributed by atoms with Crippen LogP contribution >= 0.6 is 0 Å². The van der Waals surface area contributed by atoms with Crippen LogP contribution in [0.4, 0.5) is 15.8 Å². The lowest BCUT2D eigenvalue weighted by Crippen LogP contribution is -2.62. The topological polar surface area (TPSA) is 49.6 Å². The van der Waals surface area contributed by atoms with Crippen molar-refractivity contribution >= 4 is 17.3 Å². The Balaban J connectivity index is 2.45. The van der Waals surface area contributed by atoms with Gasteiger partial charge in [0.2, 0.25) is 5.91 Å². The number of para-hydroxylation sites is 1. The quantitative estimate of drug-likeness (QED) is 0.769. The number of benzene rings is 1. The number of carbonyl (C=O) groups excluding carboxylic acids is 1. The first-order chi connectivity index (χ1) is 8.35. The molecule has 0 atom stereocenters. The van der Waals surface area contributed by atoms with Crippen molar-refractivity contribution in [3.63, 3.8) is 0 Å². The number of amides is 1. The summed E-state index contributed by atoms with van der Waals surface area (Å²) in [6, 6.07) is 4.68. The fourth-order valence-electron chi connectivity index (χ4n) is 2.40. The molecule has 2 N–H and O–H groups in total. The zero-order valence-corrected chi connectivity index (χ0v) is 10.9. The molecule has 1 heterocycles. The van der Waals surface area contributed by atoms with Gasteiger partial charge in [0.15, 0.2) is 0 Å².